The van der Waals surface area contributed by atoms with Crippen molar-refractivity contribution in [3.63, 3.8) is 0 Å². The summed E-state index contributed by atoms with van der Waals surface area (Å²) < 4.78 is 8.64. The van der Waals surface area contributed by atoms with Gasteiger partial charge in [0.05, 0.1) is 19.9 Å². The molecule has 0 aliphatic carbocycles. The maximum Gasteiger partial charge on any atom is 0.330 e. The highest BCUT2D eigenvalue weighted by Crippen LogP contribution is 2.15. The van der Waals surface area contributed by atoms with Crippen LogP contribution in [-0.2, 0) is 13.1 Å². The Bertz CT molecular complexity index is 849. The van der Waals surface area contributed by atoms with Crippen LogP contribution in [0.15, 0.2) is 41.6 Å². The summed E-state index contributed by atoms with van der Waals surface area (Å²) in [7, 11) is 1.64. The van der Waals surface area contributed by atoms with Gasteiger partial charge in [-0.15, -0.1) is 0 Å². The van der Waals surface area contributed by atoms with Gasteiger partial charge in [0.15, 0.2) is 5.65 Å². The van der Waals surface area contributed by atoms with Gasteiger partial charge in [0.2, 0.25) is 0 Å². The van der Waals surface area contributed by atoms with Crippen molar-refractivity contribution in [1.29, 1.82) is 0 Å². The molecule has 0 radical (unpaired) electrons. The van der Waals surface area contributed by atoms with Crippen LogP contribution in [-0.4, -0.2) is 26.2 Å². The minimum atomic E-state index is -0.0373. The van der Waals surface area contributed by atoms with E-state index in [1.165, 1.54) is 6.33 Å². The summed E-state index contributed by atoms with van der Waals surface area (Å²) in [5.74, 6) is 0.800. The Morgan fingerprint density at radius 3 is 2.65 bits per heavy atom. The molecule has 0 bridgehead atoms. The topological polar surface area (TPSA) is 61.9 Å². The predicted octanol–water partition coefficient (Wildman–Crippen LogP) is 2.45. The second kappa shape index (κ2) is 6.64. The van der Waals surface area contributed by atoms with Gasteiger partial charge < -0.3 is 4.74 Å². The molecule has 0 amide bonds. The van der Waals surface area contributed by atoms with Crippen LogP contribution in [0.1, 0.15) is 25.3 Å². The molecule has 23 heavy (non-hydrogen) atoms. The van der Waals surface area contributed by atoms with E-state index in [4.69, 9.17) is 4.74 Å². The van der Waals surface area contributed by atoms with E-state index in [0.29, 0.717) is 18.7 Å². The smallest absolute Gasteiger partial charge is 0.330 e. The number of hydrogen-bond donors (Lipinski definition) is 0. The average molecular weight is 312 g/mol. The van der Waals surface area contributed by atoms with E-state index in [2.05, 4.69) is 16.9 Å². The van der Waals surface area contributed by atoms with Gasteiger partial charge in [0, 0.05) is 6.54 Å². The average Bonchev–Trinajstić information content (AvgIpc) is 2.86. The summed E-state index contributed by atoms with van der Waals surface area (Å²) in [6, 6.07) is 7.71. The lowest BCUT2D eigenvalue weighted by atomic mass is 10.2. The van der Waals surface area contributed by atoms with E-state index in [0.717, 1.165) is 29.7 Å². The number of benzene rings is 1. The van der Waals surface area contributed by atoms with Crippen LogP contribution < -0.4 is 10.4 Å². The van der Waals surface area contributed by atoms with Crippen molar-refractivity contribution in [3.8, 4) is 5.75 Å². The van der Waals surface area contributed by atoms with Gasteiger partial charge in [0.1, 0.15) is 17.6 Å². The molecule has 0 N–H and O–H groups in total. The number of unbranched alkanes of at least 4 members (excludes halogenated alkanes) is 1. The maximum absolute atomic E-state index is 12.8. The fourth-order valence-corrected chi connectivity index (χ4v) is 2.64. The zero-order valence-corrected chi connectivity index (χ0v) is 13.4. The van der Waals surface area contributed by atoms with Gasteiger partial charge in [-0.05, 0) is 24.1 Å². The Kier molecular flexibility index (Phi) is 4.41. The quantitative estimate of drug-likeness (QED) is 0.701. The third kappa shape index (κ3) is 2.97. The Morgan fingerprint density at radius 2 is 1.96 bits per heavy atom. The van der Waals surface area contributed by atoms with E-state index in [1.54, 1.807) is 22.4 Å². The fraction of sp³-hybridized carbons (Fsp3) is 0.353. The van der Waals surface area contributed by atoms with Gasteiger partial charge in [-0.25, -0.2) is 14.8 Å². The number of aryl methyl sites for hydroxylation is 1. The van der Waals surface area contributed by atoms with Gasteiger partial charge >= 0.3 is 5.69 Å². The molecule has 0 saturated heterocycles. The number of aromatic nitrogens is 4. The van der Waals surface area contributed by atoms with Crippen LogP contribution >= 0.6 is 0 Å². The molecule has 2 heterocycles. The summed E-state index contributed by atoms with van der Waals surface area (Å²) in [5, 5.41) is 0. The van der Waals surface area contributed by atoms with Crippen molar-refractivity contribution in [3.05, 3.63) is 52.8 Å². The highest BCUT2D eigenvalue weighted by atomic mass is 16.5. The largest absolute Gasteiger partial charge is 0.497 e. The number of ether oxygens (including phenoxy) is 1. The van der Waals surface area contributed by atoms with Crippen LogP contribution in [0.25, 0.3) is 11.2 Å². The fourth-order valence-electron chi connectivity index (χ4n) is 2.64. The first-order valence-electron chi connectivity index (χ1n) is 7.76. The molecule has 2 aromatic heterocycles. The first-order valence-corrected chi connectivity index (χ1v) is 7.76. The van der Waals surface area contributed by atoms with Crippen LogP contribution in [0, 0.1) is 0 Å². The number of nitrogens with zero attached hydrogens (tertiary/aromatic N) is 4. The summed E-state index contributed by atoms with van der Waals surface area (Å²) in [5.41, 5.74) is 2.46. The highest BCUT2D eigenvalue weighted by molar-refractivity contribution is 5.70. The highest BCUT2D eigenvalue weighted by Gasteiger charge is 2.14. The van der Waals surface area contributed by atoms with Crippen molar-refractivity contribution >= 4 is 11.2 Å². The molecule has 0 atom stereocenters. The van der Waals surface area contributed by atoms with Crippen molar-refractivity contribution in [2.75, 3.05) is 7.11 Å². The van der Waals surface area contributed by atoms with E-state index in [1.807, 2.05) is 24.3 Å². The second-order valence-corrected chi connectivity index (χ2v) is 5.45. The van der Waals surface area contributed by atoms with Gasteiger partial charge in [-0.1, -0.05) is 25.5 Å². The summed E-state index contributed by atoms with van der Waals surface area (Å²) >= 11 is 0. The molecular formula is C17H20N4O2. The van der Waals surface area contributed by atoms with Gasteiger partial charge in [-0.3, -0.25) is 9.13 Å². The SMILES string of the molecule is CCCCn1c(=O)n(Cc2ccc(OC)cc2)c2ncncc21. The van der Waals surface area contributed by atoms with Crippen LogP contribution in [0.5, 0.6) is 5.75 Å². The number of rotatable bonds is 6. The summed E-state index contributed by atoms with van der Waals surface area (Å²) in [4.78, 5) is 21.1. The molecule has 1 aromatic carbocycles. The third-order valence-corrected chi connectivity index (χ3v) is 3.92. The maximum atomic E-state index is 12.8. The van der Waals surface area contributed by atoms with Crippen LogP contribution in [0.3, 0.4) is 0 Å². The van der Waals surface area contributed by atoms with E-state index >= 15 is 0 Å². The molecule has 0 aliphatic heterocycles. The molecule has 0 aliphatic rings. The van der Waals surface area contributed by atoms with Crippen molar-refractivity contribution in [1.82, 2.24) is 19.1 Å². The molecule has 6 heteroatoms. The Balaban J connectivity index is 2.02. The molecule has 0 spiro atoms. The van der Waals surface area contributed by atoms with E-state index in [-0.39, 0.29) is 5.69 Å². The number of fused-ring (bicyclic) bond motifs is 1. The molecule has 0 saturated carbocycles. The number of imidazole rings is 1. The first-order chi connectivity index (χ1) is 11.2. The molecule has 120 valence electrons. The Morgan fingerprint density at radius 1 is 1.17 bits per heavy atom. The van der Waals surface area contributed by atoms with Crippen molar-refractivity contribution < 1.29 is 4.74 Å². The Labute approximate surface area is 134 Å². The van der Waals surface area contributed by atoms with Gasteiger partial charge in [0.25, 0.3) is 0 Å². The lowest BCUT2D eigenvalue weighted by molar-refractivity contribution is 0.414. The molecule has 0 fully saturated rings. The van der Waals surface area contributed by atoms with Gasteiger partial charge in [-0.2, -0.15) is 0 Å². The minimum Gasteiger partial charge on any atom is -0.497 e. The molecule has 6 nitrogen and oxygen atoms in total. The summed E-state index contributed by atoms with van der Waals surface area (Å²) in [6.07, 6.45) is 5.18. The van der Waals surface area contributed by atoms with Crippen LogP contribution in [0.2, 0.25) is 0 Å². The lowest BCUT2D eigenvalue weighted by Gasteiger charge is -2.04. The minimum absolute atomic E-state index is 0.0373. The number of hydrogen-bond acceptors (Lipinski definition) is 4. The lowest BCUT2D eigenvalue weighted by Crippen LogP contribution is -2.25. The molecule has 0 unspecified atom stereocenters. The molecule has 3 aromatic rings. The first kappa shape index (κ1) is 15.3. The molecular weight excluding hydrogens is 292 g/mol. The number of methoxy groups -OCH3 is 1. The van der Waals surface area contributed by atoms with Crippen molar-refractivity contribution in [2.45, 2.75) is 32.9 Å². The summed E-state index contributed by atoms with van der Waals surface area (Å²) in [6.45, 7) is 3.28. The Hall–Kier alpha value is -2.63. The van der Waals surface area contributed by atoms with Crippen molar-refractivity contribution in [2.24, 2.45) is 0 Å². The monoisotopic (exact) mass is 312 g/mol. The van der Waals surface area contributed by atoms with E-state index < -0.39 is 0 Å². The predicted molar refractivity (Wildman–Crippen MR) is 88.8 cm³/mol. The van der Waals surface area contributed by atoms with Crippen LogP contribution in [0.4, 0.5) is 0 Å². The normalized spacial score (nSPS) is 11.0. The molecule has 3 rings (SSSR count). The zero-order chi connectivity index (χ0) is 16.2. The zero-order valence-electron chi connectivity index (χ0n) is 13.4. The second-order valence-electron chi connectivity index (χ2n) is 5.45. The standard InChI is InChI=1S/C17H20N4O2/c1-3-4-9-20-15-10-18-12-19-16(15)21(17(20)22)11-13-5-7-14(23-2)8-6-13/h5-8,10,12H,3-4,9,11H2,1-2H3. The van der Waals surface area contributed by atoms with E-state index in [9.17, 15) is 4.79 Å². The third-order valence-electron chi connectivity index (χ3n) is 3.92.